The van der Waals surface area contributed by atoms with Crippen LogP contribution in [-0.4, -0.2) is 25.0 Å². The average Bonchev–Trinajstić information content (AvgIpc) is 3.35. The van der Waals surface area contributed by atoms with Crippen molar-refractivity contribution in [3.63, 3.8) is 0 Å². The van der Waals surface area contributed by atoms with Crippen molar-refractivity contribution in [2.75, 3.05) is 28.6 Å². The highest BCUT2D eigenvalue weighted by atomic mass is 19.1. The van der Waals surface area contributed by atoms with Crippen molar-refractivity contribution in [1.82, 2.24) is 5.32 Å². The molecule has 4 rings (SSSR count). The van der Waals surface area contributed by atoms with E-state index < -0.39 is 17.7 Å². The number of carbonyl (C=O) groups excluding carboxylic acids is 2. The predicted octanol–water partition coefficient (Wildman–Crippen LogP) is 5.28. The topological polar surface area (TPSA) is 73.5 Å². The lowest BCUT2D eigenvalue weighted by atomic mass is 10.1. The van der Waals surface area contributed by atoms with Gasteiger partial charge < -0.3 is 20.9 Å². The fraction of sp³-hybridized carbons (Fsp3) is 0.200. The van der Waals surface area contributed by atoms with E-state index in [4.69, 9.17) is 0 Å². The molecule has 0 saturated carbocycles. The first-order valence-electron chi connectivity index (χ1n) is 10.8. The van der Waals surface area contributed by atoms with Crippen LogP contribution in [0.4, 0.5) is 35.0 Å². The smallest absolute Gasteiger partial charge is 0.323 e. The van der Waals surface area contributed by atoms with E-state index in [0.29, 0.717) is 17.3 Å². The summed E-state index contributed by atoms with van der Waals surface area (Å²) in [6, 6.07) is 12.9. The van der Waals surface area contributed by atoms with Gasteiger partial charge in [0.1, 0.15) is 17.5 Å². The SMILES string of the molecule is O=C(Nc1ccc(N2CCCC2)c(C(=O)NCc2ccc(F)cc2)c1)Nc1ccc(F)cc1F. The highest BCUT2D eigenvalue weighted by Crippen LogP contribution is 2.28. The van der Waals surface area contributed by atoms with Gasteiger partial charge in [-0.15, -0.1) is 0 Å². The molecular formula is C25H23F3N4O2. The molecule has 3 amide bonds. The summed E-state index contributed by atoms with van der Waals surface area (Å²) >= 11 is 0. The Labute approximate surface area is 194 Å². The van der Waals surface area contributed by atoms with Gasteiger partial charge in [-0.05, 0) is 60.9 Å². The summed E-state index contributed by atoms with van der Waals surface area (Å²) in [6.45, 7) is 1.84. The normalized spacial score (nSPS) is 13.0. The Morgan fingerprint density at radius 2 is 1.53 bits per heavy atom. The molecule has 34 heavy (non-hydrogen) atoms. The van der Waals surface area contributed by atoms with E-state index >= 15 is 0 Å². The summed E-state index contributed by atoms with van der Waals surface area (Å²) in [7, 11) is 0. The van der Waals surface area contributed by atoms with Gasteiger partial charge >= 0.3 is 6.03 Å². The average molecular weight is 468 g/mol. The highest BCUT2D eigenvalue weighted by molar-refractivity contribution is 6.04. The zero-order valence-electron chi connectivity index (χ0n) is 18.2. The molecule has 0 aromatic heterocycles. The van der Waals surface area contributed by atoms with Crippen LogP contribution in [0, 0.1) is 17.5 Å². The molecule has 0 spiro atoms. The van der Waals surface area contributed by atoms with Gasteiger partial charge in [-0.3, -0.25) is 4.79 Å². The number of hydrogen-bond acceptors (Lipinski definition) is 3. The Kier molecular flexibility index (Phi) is 7.01. The summed E-state index contributed by atoms with van der Waals surface area (Å²) < 4.78 is 40.0. The van der Waals surface area contributed by atoms with E-state index in [1.807, 2.05) is 0 Å². The molecule has 0 unspecified atom stereocenters. The molecule has 3 aromatic carbocycles. The maximum absolute atomic E-state index is 13.8. The molecule has 1 saturated heterocycles. The Hall–Kier alpha value is -4.01. The van der Waals surface area contributed by atoms with Gasteiger partial charge in [0.2, 0.25) is 0 Å². The number of nitrogens with one attached hydrogen (secondary N) is 3. The third kappa shape index (κ3) is 5.67. The van der Waals surface area contributed by atoms with Gasteiger partial charge in [0.05, 0.1) is 11.3 Å². The van der Waals surface area contributed by atoms with Gasteiger partial charge in [0, 0.05) is 37.1 Å². The standard InChI is InChI=1S/C25H23F3N4O2/c26-17-5-3-16(4-6-17)15-29-24(33)20-14-19(8-10-23(20)32-11-1-2-12-32)30-25(34)31-22-9-7-18(27)13-21(22)28/h3-10,13-14H,1-2,11-12,15H2,(H,29,33)(H2,30,31,34). The molecule has 1 aliphatic heterocycles. The number of benzene rings is 3. The van der Waals surface area contributed by atoms with Crippen molar-refractivity contribution in [2.45, 2.75) is 19.4 Å². The minimum atomic E-state index is -0.902. The number of nitrogens with zero attached hydrogens (tertiary/aromatic N) is 1. The molecule has 176 valence electrons. The minimum absolute atomic E-state index is 0.176. The van der Waals surface area contributed by atoms with Crippen LogP contribution in [0.15, 0.2) is 60.7 Å². The van der Waals surface area contributed by atoms with Crippen LogP contribution in [0.5, 0.6) is 0 Å². The van der Waals surface area contributed by atoms with Crippen LogP contribution in [0.1, 0.15) is 28.8 Å². The van der Waals surface area contributed by atoms with Crippen LogP contribution < -0.4 is 20.9 Å². The maximum Gasteiger partial charge on any atom is 0.323 e. The third-order valence-corrected chi connectivity index (χ3v) is 5.49. The van der Waals surface area contributed by atoms with E-state index in [1.165, 1.54) is 12.1 Å². The van der Waals surface area contributed by atoms with Crippen LogP contribution in [0.3, 0.4) is 0 Å². The molecule has 0 bridgehead atoms. The van der Waals surface area contributed by atoms with E-state index in [1.54, 1.807) is 30.3 Å². The van der Waals surface area contributed by atoms with Crippen LogP contribution in [0.25, 0.3) is 0 Å². The number of hydrogen-bond donors (Lipinski definition) is 3. The number of halogens is 3. The summed E-state index contributed by atoms with van der Waals surface area (Å²) in [5, 5.41) is 7.73. The summed E-state index contributed by atoms with van der Waals surface area (Å²) in [4.78, 5) is 27.5. The molecule has 1 heterocycles. The Bertz CT molecular complexity index is 1200. The number of amides is 3. The lowest BCUT2D eigenvalue weighted by Crippen LogP contribution is -2.28. The van der Waals surface area contributed by atoms with Crippen molar-refractivity contribution in [3.05, 3.63) is 89.2 Å². The number of carbonyl (C=O) groups is 2. The van der Waals surface area contributed by atoms with Gasteiger partial charge in [-0.2, -0.15) is 0 Å². The second-order valence-electron chi connectivity index (χ2n) is 7.94. The van der Waals surface area contributed by atoms with Gasteiger partial charge in [0.25, 0.3) is 5.91 Å². The monoisotopic (exact) mass is 468 g/mol. The molecule has 9 heteroatoms. The summed E-state index contributed by atoms with van der Waals surface area (Å²) in [6.07, 6.45) is 2.03. The van der Waals surface area contributed by atoms with Gasteiger partial charge in [0.15, 0.2) is 0 Å². The molecule has 0 aliphatic carbocycles. The van der Waals surface area contributed by atoms with E-state index in [2.05, 4.69) is 20.9 Å². The lowest BCUT2D eigenvalue weighted by Gasteiger charge is -2.22. The molecule has 1 aliphatic rings. The summed E-state index contributed by atoms with van der Waals surface area (Å²) in [5.41, 5.74) is 2.01. The molecule has 6 nitrogen and oxygen atoms in total. The van der Waals surface area contributed by atoms with E-state index in [-0.39, 0.29) is 24.0 Å². The van der Waals surface area contributed by atoms with Gasteiger partial charge in [-0.25, -0.2) is 18.0 Å². The van der Waals surface area contributed by atoms with Gasteiger partial charge in [-0.1, -0.05) is 12.1 Å². The lowest BCUT2D eigenvalue weighted by molar-refractivity contribution is 0.0951. The van der Waals surface area contributed by atoms with Crippen LogP contribution in [-0.2, 0) is 6.54 Å². The van der Waals surface area contributed by atoms with E-state index in [9.17, 15) is 22.8 Å². The van der Waals surface area contributed by atoms with E-state index in [0.717, 1.165) is 49.3 Å². The fourth-order valence-corrected chi connectivity index (χ4v) is 3.78. The zero-order chi connectivity index (χ0) is 24.1. The fourth-order valence-electron chi connectivity index (χ4n) is 3.78. The minimum Gasteiger partial charge on any atom is -0.371 e. The Morgan fingerprint density at radius 1 is 0.824 bits per heavy atom. The number of rotatable bonds is 6. The van der Waals surface area contributed by atoms with Crippen molar-refractivity contribution in [1.29, 1.82) is 0 Å². The first kappa shape index (κ1) is 23.2. The van der Waals surface area contributed by atoms with Crippen molar-refractivity contribution < 1.29 is 22.8 Å². The predicted molar refractivity (Wildman–Crippen MR) is 124 cm³/mol. The Morgan fingerprint density at radius 3 is 2.24 bits per heavy atom. The van der Waals surface area contributed by atoms with Crippen molar-refractivity contribution in [2.24, 2.45) is 0 Å². The van der Waals surface area contributed by atoms with Crippen molar-refractivity contribution in [3.8, 4) is 0 Å². The first-order valence-corrected chi connectivity index (χ1v) is 10.8. The second-order valence-corrected chi connectivity index (χ2v) is 7.94. The number of urea groups is 1. The molecule has 3 aromatic rings. The summed E-state index contributed by atoms with van der Waals surface area (Å²) in [5.74, 6) is -2.36. The Balaban J connectivity index is 1.50. The van der Waals surface area contributed by atoms with Crippen molar-refractivity contribution >= 4 is 29.0 Å². The highest BCUT2D eigenvalue weighted by Gasteiger charge is 2.20. The maximum atomic E-state index is 13.8. The third-order valence-electron chi connectivity index (χ3n) is 5.49. The molecule has 0 radical (unpaired) electrons. The second kappa shape index (κ2) is 10.3. The molecular weight excluding hydrogens is 445 g/mol. The quantitative estimate of drug-likeness (QED) is 0.461. The molecule has 0 atom stereocenters. The largest absolute Gasteiger partial charge is 0.371 e. The first-order chi connectivity index (χ1) is 16.4. The van der Waals surface area contributed by atoms with Crippen LogP contribution in [0.2, 0.25) is 0 Å². The molecule has 3 N–H and O–H groups in total. The molecule has 1 fully saturated rings. The van der Waals surface area contributed by atoms with Crippen LogP contribution >= 0.6 is 0 Å². The number of anilines is 3. The zero-order valence-corrected chi connectivity index (χ0v) is 18.2.